The van der Waals surface area contributed by atoms with Crippen LogP contribution in [-0.4, -0.2) is 95.3 Å². The number of nitrogens with one attached hydrogen (secondary N) is 2. The van der Waals surface area contributed by atoms with Crippen LogP contribution in [0.2, 0.25) is 5.02 Å². The van der Waals surface area contributed by atoms with Gasteiger partial charge in [0, 0.05) is 35.3 Å². The topological polar surface area (TPSA) is 156 Å². The highest BCUT2D eigenvalue weighted by Gasteiger charge is 2.71. The summed E-state index contributed by atoms with van der Waals surface area (Å²) in [6, 6.07) is 0.954. The number of sulfonamides is 1. The maximum atomic E-state index is 15.9. The first-order chi connectivity index (χ1) is 32.4. The van der Waals surface area contributed by atoms with Gasteiger partial charge in [-0.2, -0.15) is 36.5 Å². The van der Waals surface area contributed by atoms with Crippen molar-refractivity contribution < 1.29 is 65.5 Å². The van der Waals surface area contributed by atoms with E-state index in [1.54, 1.807) is 0 Å². The maximum Gasteiger partial charge on any atom is 0.431 e. The van der Waals surface area contributed by atoms with Gasteiger partial charge in [-0.3, -0.25) is 19.2 Å². The summed E-state index contributed by atoms with van der Waals surface area (Å²) in [5, 5.41) is 9.11. The molecule has 0 spiro atoms. The molecule has 5 atom stereocenters. The van der Waals surface area contributed by atoms with E-state index in [9.17, 15) is 56.8 Å². The lowest BCUT2D eigenvalue weighted by Crippen LogP contribution is -2.48. The van der Waals surface area contributed by atoms with Gasteiger partial charge in [-0.05, 0) is 99.1 Å². The van der Waals surface area contributed by atoms with E-state index in [4.69, 9.17) is 16.6 Å². The minimum atomic E-state index is -5.17. The van der Waals surface area contributed by atoms with Gasteiger partial charge in [0.2, 0.25) is 15.9 Å². The molecule has 4 aromatic rings. The van der Waals surface area contributed by atoms with Gasteiger partial charge in [0.25, 0.3) is 5.92 Å². The molecular weight excluding hydrogens is 1010 g/mol. The summed E-state index contributed by atoms with van der Waals surface area (Å²) in [6.07, 6.45) is -6.26. The summed E-state index contributed by atoms with van der Waals surface area (Å²) in [7, 11) is -8.05. The Labute approximate surface area is 398 Å². The molecule has 2 fully saturated rings. The number of amides is 1. The fourth-order valence-electron chi connectivity index (χ4n) is 9.73. The first kappa shape index (κ1) is 49.6. The zero-order chi connectivity index (χ0) is 50.8. The highest BCUT2D eigenvalue weighted by atomic mass is 35.5. The predicted octanol–water partition coefficient (Wildman–Crippen LogP) is 8.23. The van der Waals surface area contributed by atoms with E-state index in [0.29, 0.717) is 33.3 Å². The Kier molecular flexibility index (Phi) is 11.9. The molecule has 4 aliphatic carbocycles. The number of carbonyl (C=O) groups excluding carboxylic acids is 1. The van der Waals surface area contributed by atoms with Crippen molar-refractivity contribution in [3.63, 3.8) is 0 Å². The Bertz CT molecular complexity index is 3210. The van der Waals surface area contributed by atoms with Gasteiger partial charge >= 0.3 is 12.4 Å². The fourth-order valence-corrected chi connectivity index (χ4v) is 11.5. The summed E-state index contributed by atoms with van der Waals surface area (Å²) in [4.78, 5) is 19.2. The third-order valence-corrected chi connectivity index (χ3v) is 17.5. The number of hydrazone groups is 1. The minimum absolute atomic E-state index is 0.0206. The largest absolute Gasteiger partial charge is 0.431 e. The van der Waals surface area contributed by atoms with E-state index in [1.807, 2.05) is 0 Å². The summed E-state index contributed by atoms with van der Waals surface area (Å²) in [5.41, 5.74) is -1.82. The number of carbonyl (C=O) groups is 1. The molecule has 2 saturated carbocycles. The van der Waals surface area contributed by atoms with Crippen LogP contribution in [0.1, 0.15) is 67.2 Å². The molecule has 1 amide bonds. The first-order valence-electron chi connectivity index (χ1n) is 21.7. The number of hydrogen-bond acceptors (Lipinski definition) is 9. The lowest BCUT2D eigenvalue weighted by molar-refractivity contribution is -0.141. The van der Waals surface area contributed by atoms with Crippen molar-refractivity contribution in [1.82, 2.24) is 25.1 Å². The van der Waals surface area contributed by atoms with E-state index in [0.717, 1.165) is 24.5 Å². The summed E-state index contributed by atoms with van der Waals surface area (Å²) < 4.78 is 201. The molecule has 70 heavy (non-hydrogen) atoms. The van der Waals surface area contributed by atoms with Crippen LogP contribution in [0.4, 0.5) is 49.7 Å². The number of rotatable bonds is 12. The monoisotopic (exact) mass is 1050 g/mol. The van der Waals surface area contributed by atoms with Crippen LogP contribution in [0, 0.1) is 41.2 Å². The second kappa shape index (κ2) is 16.9. The lowest BCUT2D eigenvalue weighted by Gasteiger charge is -2.31. The number of anilines is 1. The molecule has 374 valence electrons. The van der Waals surface area contributed by atoms with Gasteiger partial charge < -0.3 is 5.32 Å². The van der Waals surface area contributed by atoms with E-state index in [-0.39, 0.29) is 69.7 Å². The Morgan fingerprint density at radius 2 is 1.66 bits per heavy atom. The van der Waals surface area contributed by atoms with E-state index in [2.05, 4.69) is 32.1 Å². The van der Waals surface area contributed by atoms with Crippen molar-refractivity contribution in [2.24, 2.45) is 22.9 Å². The van der Waals surface area contributed by atoms with E-state index < -0.39 is 127 Å². The molecule has 1 aliphatic heterocycles. The number of pyridine rings is 1. The van der Waals surface area contributed by atoms with Gasteiger partial charge in [0.05, 0.1) is 32.9 Å². The minimum Gasteiger partial charge on any atom is -0.346 e. The molecule has 3 heterocycles. The van der Waals surface area contributed by atoms with E-state index in [1.165, 1.54) is 32.1 Å². The number of aromatic nitrogens is 3. The summed E-state index contributed by atoms with van der Waals surface area (Å²) >= 11 is 6.68. The van der Waals surface area contributed by atoms with Crippen LogP contribution in [0.5, 0.6) is 0 Å². The molecule has 2 aromatic heterocycles. The zero-order valence-electron chi connectivity index (χ0n) is 36.9. The van der Waals surface area contributed by atoms with Gasteiger partial charge in [0.1, 0.15) is 46.9 Å². The standard InChI is InChI=1S/C45H40ClF10N7O5S2/c1-42(2,69(3,65)66)14-13-31-25-5-4-6-26(25)34(28-10-12-30(46)36-38(28)63(20-43(49,50)51)60-41(36)61-70(67,68)24-7-8-24)37(58-31)32(17-21-15-22(47)18-23(48)16-21)57-33(64)19-62-40-35(39(59-62)45(54,55)56)27-9-11-29(27)44(40,52)53/h9-12,15-16,18,24,27,29,32,35,40H,4-8,17,19-20H2,1-3H3,(H,57,64)(H,60,61)/t27-,29+,32-,35?,40?/m0/s1. The number of fused-ring (bicyclic) bond motifs is 5. The normalized spacial score (nSPS) is 22.2. The van der Waals surface area contributed by atoms with Crippen LogP contribution in [0.25, 0.3) is 22.0 Å². The van der Waals surface area contributed by atoms with Gasteiger partial charge in [0.15, 0.2) is 15.7 Å². The second-order valence-electron chi connectivity index (χ2n) is 18.7. The first-order valence-corrected chi connectivity index (χ1v) is 25.6. The Morgan fingerprint density at radius 3 is 2.26 bits per heavy atom. The lowest BCUT2D eigenvalue weighted by atomic mass is 9.78. The van der Waals surface area contributed by atoms with Crippen molar-refractivity contribution in [1.29, 1.82) is 0 Å². The van der Waals surface area contributed by atoms with Crippen LogP contribution in [0.3, 0.4) is 0 Å². The number of nitrogens with zero attached hydrogens (tertiary/aromatic N) is 5. The number of alkyl halides is 8. The highest BCUT2D eigenvalue weighted by molar-refractivity contribution is 7.93. The van der Waals surface area contributed by atoms with E-state index >= 15 is 8.78 Å². The average molecular weight is 1050 g/mol. The van der Waals surface area contributed by atoms with Crippen LogP contribution >= 0.6 is 11.6 Å². The van der Waals surface area contributed by atoms with Crippen LogP contribution in [-0.2, 0) is 50.5 Å². The molecule has 5 aliphatic rings. The Hall–Kier alpha value is -5.41. The summed E-state index contributed by atoms with van der Waals surface area (Å²) in [5.74, 6) is -6.90. The predicted molar refractivity (Wildman–Crippen MR) is 237 cm³/mol. The molecular formula is C45H40ClF10N7O5S2. The molecule has 2 aromatic carbocycles. The fraction of sp³-hybridized carbons (Fsp3) is 0.467. The van der Waals surface area contributed by atoms with Crippen molar-refractivity contribution in [2.45, 2.75) is 99.3 Å². The number of sulfone groups is 1. The number of hydrogen-bond donors (Lipinski definition) is 2. The average Bonchev–Trinajstić information content (AvgIpc) is 3.65. The third kappa shape index (κ3) is 8.98. The second-order valence-corrected chi connectivity index (χ2v) is 23.6. The maximum absolute atomic E-state index is 15.9. The quantitative estimate of drug-likeness (QED) is 0.0818. The third-order valence-electron chi connectivity index (χ3n) is 13.4. The molecule has 0 bridgehead atoms. The molecule has 0 radical (unpaired) electrons. The number of allylic oxidation sites excluding steroid dienone is 2. The smallest absolute Gasteiger partial charge is 0.346 e. The number of halogens is 11. The molecule has 2 unspecified atom stereocenters. The van der Waals surface area contributed by atoms with Gasteiger partial charge in [-0.25, -0.2) is 39.4 Å². The van der Waals surface area contributed by atoms with Gasteiger partial charge in [-0.1, -0.05) is 35.7 Å². The zero-order valence-corrected chi connectivity index (χ0v) is 39.3. The molecule has 2 N–H and O–H groups in total. The highest BCUT2D eigenvalue weighted by Crippen LogP contribution is 2.59. The molecule has 9 rings (SSSR count). The number of benzene rings is 2. The van der Waals surface area contributed by atoms with Crippen LogP contribution in [0.15, 0.2) is 47.6 Å². The summed E-state index contributed by atoms with van der Waals surface area (Å²) in [6.45, 7) is -0.370. The molecule has 12 nitrogen and oxygen atoms in total. The molecule has 25 heteroatoms. The Balaban J connectivity index is 1.27. The van der Waals surface area contributed by atoms with Crippen molar-refractivity contribution >= 4 is 59.8 Å². The van der Waals surface area contributed by atoms with Crippen molar-refractivity contribution in [3.05, 3.63) is 87.2 Å². The Morgan fingerprint density at radius 1 is 0.986 bits per heavy atom. The van der Waals surface area contributed by atoms with Gasteiger partial charge in [-0.15, -0.1) is 0 Å². The van der Waals surface area contributed by atoms with Crippen molar-refractivity contribution in [2.75, 3.05) is 17.5 Å². The van der Waals surface area contributed by atoms with Crippen molar-refractivity contribution in [3.8, 4) is 23.0 Å². The van der Waals surface area contributed by atoms with Crippen LogP contribution < -0.4 is 10.0 Å². The SMILES string of the molecule is CC(C)(C#Cc1nc([C@H](Cc2cc(F)cc(F)c2)NC(=O)CN2N=C(C(F)(F)F)C3C2C(F)(F)[C@@H]2C=C[C@H]32)c(-c2ccc(Cl)c3c(NS(=O)(=O)C4CC4)nn(CC(F)(F)F)c23)c2c1CCC2)S(C)(=O)=O. The molecule has 0 saturated heterocycles.